The van der Waals surface area contributed by atoms with Gasteiger partial charge in [0, 0.05) is 31.7 Å². The van der Waals surface area contributed by atoms with Crippen LogP contribution in [-0.2, 0) is 0 Å². The maximum absolute atomic E-state index is 12.6. The number of amides is 1. The van der Waals surface area contributed by atoms with Crippen molar-refractivity contribution in [3.05, 3.63) is 46.5 Å². The number of imidazole rings is 1. The molecule has 1 saturated heterocycles. The van der Waals surface area contributed by atoms with Gasteiger partial charge in [0.1, 0.15) is 11.8 Å². The normalized spacial score (nSPS) is 15.0. The number of hydrogen-bond donors (Lipinski definition) is 1. The average molecular weight is 377 g/mol. The van der Waals surface area contributed by atoms with Crippen molar-refractivity contribution in [1.29, 1.82) is 0 Å². The number of aromatic nitrogens is 4. The van der Waals surface area contributed by atoms with Crippen LogP contribution in [0.5, 0.6) is 0 Å². The summed E-state index contributed by atoms with van der Waals surface area (Å²) in [4.78, 5) is 32.3. The number of anilines is 1. The quantitative estimate of drug-likeness (QED) is 0.743. The van der Waals surface area contributed by atoms with Crippen LogP contribution >= 0.6 is 23.2 Å². The number of carbonyl (C=O) groups is 1. The van der Waals surface area contributed by atoms with E-state index in [1.165, 1.54) is 6.33 Å². The summed E-state index contributed by atoms with van der Waals surface area (Å²) in [5.41, 5.74) is 1.99. The lowest BCUT2D eigenvalue weighted by Gasteiger charge is -2.35. The Kier molecular flexibility index (Phi) is 4.19. The molecule has 3 aromatic rings. The smallest absolute Gasteiger partial charge is 0.254 e. The molecule has 0 unspecified atom stereocenters. The first-order valence-corrected chi connectivity index (χ1v) is 8.52. The fourth-order valence-electron chi connectivity index (χ4n) is 2.93. The molecule has 0 aliphatic carbocycles. The van der Waals surface area contributed by atoms with Crippen molar-refractivity contribution < 1.29 is 4.79 Å². The summed E-state index contributed by atoms with van der Waals surface area (Å²) in [6, 6.07) is 4.95. The predicted octanol–water partition coefficient (Wildman–Crippen LogP) is 2.62. The summed E-state index contributed by atoms with van der Waals surface area (Å²) in [6.45, 7) is 2.55. The molecule has 0 saturated carbocycles. The van der Waals surface area contributed by atoms with Crippen molar-refractivity contribution in [2.45, 2.75) is 0 Å². The molecule has 3 heterocycles. The highest BCUT2D eigenvalue weighted by molar-refractivity contribution is 6.42. The third kappa shape index (κ3) is 3.01. The summed E-state index contributed by atoms with van der Waals surface area (Å²) in [5.74, 6) is 0.761. The van der Waals surface area contributed by atoms with Gasteiger partial charge in [0.05, 0.1) is 16.4 Å². The highest BCUT2D eigenvalue weighted by atomic mass is 35.5. The Morgan fingerprint density at radius 3 is 2.60 bits per heavy atom. The van der Waals surface area contributed by atoms with Crippen LogP contribution in [0.15, 0.2) is 30.9 Å². The minimum Gasteiger partial charge on any atom is -0.351 e. The lowest BCUT2D eigenvalue weighted by Crippen LogP contribution is -2.49. The van der Waals surface area contributed by atoms with E-state index in [-0.39, 0.29) is 5.91 Å². The van der Waals surface area contributed by atoms with Crippen molar-refractivity contribution in [3.63, 3.8) is 0 Å². The summed E-state index contributed by atoms with van der Waals surface area (Å²) in [5, 5.41) is 0.823. The van der Waals surface area contributed by atoms with E-state index in [1.54, 1.807) is 29.4 Å². The van der Waals surface area contributed by atoms with Crippen LogP contribution in [-0.4, -0.2) is 56.9 Å². The van der Waals surface area contributed by atoms with E-state index < -0.39 is 0 Å². The van der Waals surface area contributed by atoms with E-state index in [0.29, 0.717) is 47.4 Å². The van der Waals surface area contributed by atoms with Gasteiger partial charge in [-0.05, 0) is 18.2 Å². The zero-order valence-corrected chi connectivity index (χ0v) is 14.6. The van der Waals surface area contributed by atoms with Crippen LogP contribution in [0.4, 0.5) is 5.82 Å². The van der Waals surface area contributed by atoms with Crippen LogP contribution in [0, 0.1) is 0 Å². The van der Waals surface area contributed by atoms with Gasteiger partial charge in [-0.1, -0.05) is 23.2 Å². The minimum atomic E-state index is -0.0485. The molecule has 2 aromatic heterocycles. The van der Waals surface area contributed by atoms with Crippen LogP contribution in [0.3, 0.4) is 0 Å². The Balaban J connectivity index is 1.48. The summed E-state index contributed by atoms with van der Waals surface area (Å²) in [7, 11) is 0. The molecule has 25 heavy (non-hydrogen) atoms. The van der Waals surface area contributed by atoms with Crippen LogP contribution in [0.1, 0.15) is 10.4 Å². The first-order chi connectivity index (χ1) is 12.1. The molecule has 0 radical (unpaired) electrons. The van der Waals surface area contributed by atoms with Crippen molar-refractivity contribution in [2.24, 2.45) is 0 Å². The first-order valence-electron chi connectivity index (χ1n) is 7.77. The van der Waals surface area contributed by atoms with Gasteiger partial charge in [-0.2, -0.15) is 0 Å². The van der Waals surface area contributed by atoms with Gasteiger partial charge in [-0.15, -0.1) is 0 Å². The number of benzene rings is 1. The summed E-state index contributed by atoms with van der Waals surface area (Å²) < 4.78 is 0. The van der Waals surface area contributed by atoms with Gasteiger partial charge < -0.3 is 14.8 Å². The molecule has 7 nitrogen and oxygen atoms in total. The largest absolute Gasteiger partial charge is 0.351 e. The van der Waals surface area contributed by atoms with Gasteiger partial charge in [0.2, 0.25) is 0 Å². The lowest BCUT2D eigenvalue weighted by atomic mass is 10.2. The van der Waals surface area contributed by atoms with Gasteiger partial charge in [0.25, 0.3) is 5.91 Å². The Labute approximate surface area is 153 Å². The highest BCUT2D eigenvalue weighted by Crippen LogP contribution is 2.24. The van der Waals surface area contributed by atoms with Gasteiger partial charge in [-0.3, -0.25) is 4.79 Å². The monoisotopic (exact) mass is 376 g/mol. The van der Waals surface area contributed by atoms with E-state index in [2.05, 4.69) is 24.8 Å². The Bertz CT molecular complexity index is 935. The SMILES string of the molecule is O=C(c1ccc(Cl)c(Cl)c1)N1CCN(c2ncnc3nc[nH]c23)CC1. The topological polar surface area (TPSA) is 78.0 Å². The third-order valence-corrected chi connectivity index (χ3v) is 4.97. The minimum absolute atomic E-state index is 0.0485. The molecule has 1 aliphatic heterocycles. The Morgan fingerprint density at radius 2 is 1.84 bits per heavy atom. The number of carbonyl (C=O) groups excluding carboxylic acids is 1. The van der Waals surface area contributed by atoms with E-state index in [1.807, 2.05) is 0 Å². The number of nitrogens with zero attached hydrogens (tertiary/aromatic N) is 5. The zero-order chi connectivity index (χ0) is 17.4. The maximum atomic E-state index is 12.6. The van der Waals surface area contributed by atoms with Crippen LogP contribution in [0.2, 0.25) is 10.0 Å². The standard InChI is InChI=1S/C16H14Cl2N6O/c17-11-2-1-10(7-12(11)18)16(25)24-5-3-23(4-6-24)15-13-14(20-8-19-13)21-9-22-15/h1-2,7-9H,3-6H2,(H,19,20,21,22). The van der Waals surface area contributed by atoms with Crippen molar-refractivity contribution in [2.75, 3.05) is 31.1 Å². The second-order valence-electron chi connectivity index (χ2n) is 5.71. The molecule has 9 heteroatoms. The second kappa shape index (κ2) is 6.50. The molecule has 0 spiro atoms. The van der Waals surface area contributed by atoms with Crippen molar-refractivity contribution in [3.8, 4) is 0 Å². The predicted molar refractivity (Wildman–Crippen MR) is 96.3 cm³/mol. The number of piperazine rings is 1. The Hall–Kier alpha value is -2.38. The molecule has 1 aromatic carbocycles. The van der Waals surface area contributed by atoms with Gasteiger partial charge in [0.15, 0.2) is 11.5 Å². The van der Waals surface area contributed by atoms with E-state index in [9.17, 15) is 4.79 Å². The number of rotatable bonds is 2. The van der Waals surface area contributed by atoms with Crippen molar-refractivity contribution >= 4 is 46.1 Å². The number of hydrogen-bond acceptors (Lipinski definition) is 5. The fraction of sp³-hybridized carbons (Fsp3) is 0.250. The van der Waals surface area contributed by atoms with E-state index in [0.717, 1.165) is 11.3 Å². The first kappa shape index (κ1) is 16.1. The summed E-state index contributed by atoms with van der Waals surface area (Å²) in [6.07, 6.45) is 3.11. The number of aromatic amines is 1. The molecule has 1 amide bonds. The maximum Gasteiger partial charge on any atom is 0.254 e. The van der Waals surface area contributed by atoms with E-state index in [4.69, 9.17) is 23.2 Å². The Morgan fingerprint density at radius 1 is 1.04 bits per heavy atom. The number of halogens is 2. The van der Waals surface area contributed by atoms with Crippen molar-refractivity contribution in [1.82, 2.24) is 24.8 Å². The molecular weight excluding hydrogens is 363 g/mol. The van der Waals surface area contributed by atoms with Gasteiger partial charge >= 0.3 is 0 Å². The molecule has 4 rings (SSSR count). The number of fused-ring (bicyclic) bond motifs is 1. The summed E-state index contributed by atoms with van der Waals surface area (Å²) >= 11 is 11.9. The molecule has 1 fully saturated rings. The molecule has 1 aliphatic rings. The third-order valence-electron chi connectivity index (χ3n) is 4.24. The molecule has 0 atom stereocenters. The van der Waals surface area contributed by atoms with Crippen LogP contribution < -0.4 is 4.90 Å². The molecular formula is C16H14Cl2N6O. The highest BCUT2D eigenvalue weighted by Gasteiger charge is 2.24. The second-order valence-corrected chi connectivity index (χ2v) is 6.52. The fourth-order valence-corrected chi connectivity index (χ4v) is 3.22. The molecule has 128 valence electrons. The number of H-pyrrole nitrogens is 1. The molecule has 0 bridgehead atoms. The average Bonchev–Trinajstić information content (AvgIpc) is 3.12. The number of nitrogens with one attached hydrogen (secondary N) is 1. The van der Waals surface area contributed by atoms with Gasteiger partial charge in [-0.25, -0.2) is 15.0 Å². The zero-order valence-electron chi connectivity index (χ0n) is 13.1. The molecule has 1 N–H and O–H groups in total. The lowest BCUT2D eigenvalue weighted by molar-refractivity contribution is 0.0746. The van der Waals surface area contributed by atoms with E-state index >= 15 is 0 Å². The van der Waals surface area contributed by atoms with Crippen LogP contribution in [0.25, 0.3) is 11.2 Å².